The maximum Gasteiger partial charge on any atom is 0.255 e. The van der Waals surface area contributed by atoms with Crippen LogP contribution in [-0.4, -0.2) is 23.6 Å². The Morgan fingerprint density at radius 3 is 2.50 bits per heavy atom. The van der Waals surface area contributed by atoms with Gasteiger partial charge in [0.15, 0.2) is 0 Å². The number of rotatable bonds is 4. The molecule has 4 heteroatoms. The van der Waals surface area contributed by atoms with Crippen molar-refractivity contribution >= 4 is 5.91 Å². The van der Waals surface area contributed by atoms with Gasteiger partial charge in [-0.3, -0.25) is 4.79 Å². The molecule has 100 valence electrons. The number of carbonyl (C=O) groups is 1. The fourth-order valence-electron chi connectivity index (χ4n) is 1.79. The summed E-state index contributed by atoms with van der Waals surface area (Å²) in [7, 11) is 0. The number of nitrogens with two attached hydrogens (primary N) is 1. The van der Waals surface area contributed by atoms with E-state index in [1.54, 1.807) is 18.2 Å². The lowest BCUT2D eigenvalue weighted by Crippen LogP contribution is -2.44. The number of amides is 1. The summed E-state index contributed by atoms with van der Waals surface area (Å²) in [6.45, 7) is 6.68. The summed E-state index contributed by atoms with van der Waals surface area (Å²) in [5, 5.41) is 12.6. The van der Waals surface area contributed by atoms with E-state index >= 15 is 0 Å². The molecule has 1 aromatic rings. The molecular formula is C14H22N2O2. The number of hydrogen-bond donors (Lipinski definition) is 3. The van der Waals surface area contributed by atoms with Gasteiger partial charge >= 0.3 is 0 Å². The first-order valence-electron chi connectivity index (χ1n) is 6.15. The van der Waals surface area contributed by atoms with E-state index in [1.165, 1.54) is 6.07 Å². The van der Waals surface area contributed by atoms with Gasteiger partial charge in [0, 0.05) is 6.04 Å². The minimum atomic E-state index is -0.263. The van der Waals surface area contributed by atoms with Gasteiger partial charge in [-0.05, 0) is 30.5 Å². The number of hydrogen-bond acceptors (Lipinski definition) is 3. The largest absolute Gasteiger partial charge is 0.507 e. The topological polar surface area (TPSA) is 75.3 Å². The first kappa shape index (κ1) is 14.5. The standard InChI is InChI=1S/C14H22N2O2/c1-14(2,3)12(8-9-15)16-13(18)10-6-4-5-7-11(10)17/h4-7,12,17H,8-9,15H2,1-3H3,(H,16,18). The summed E-state index contributed by atoms with van der Waals surface area (Å²) in [6.07, 6.45) is 0.711. The zero-order valence-corrected chi connectivity index (χ0v) is 11.2. The molecule has 0 saturated heterocycles. The molecular weight excluding hydrogens is 228 g/mol. The quantitative estimate of drug-likeness (QED) is 0.763. The Kier molecular flexibility index (Phi) is 4.73. The van der Waals surface area contributed by atoms with Crippen LogP contribution in [0.25, 0.3) is 0 Å². The van der Waals surface area contributed by atoms with Crippen LogP contribution in [0.1, 0.15) is 37.6 Å². The van der Waals surface area contributed by atoms with Crippen LogP contribution in [-0.2, 0) is 0 Å². The van der Waals surface area contributed by atoms with E-state index in [1.807, 2.05) is 0 Å². The third-order valence-corrected chi connectivity index (χ3v) is 2.95. The monoisotopic (exact) mass is 250 g/mol. The molecule has 18 heavy (non-hydrogen) atoms. The average Bonchev–Trinajstić information content (AvgIpc) is 2.27. The molecule has 0 saturated carbocycles. The summed E-state index contributed by atoms with van der Waals surface area (Å²) in [5.41, 5.74) is 5.79. The maximum absolute atomic E-state index is 12.1. The second kappa shape index (κ2) is 5.87. The second-order valence-corrected chi connectivity index (χ2v) is 5.49. The van der Waals surface area contributed by atoms with Crippen molar-refractivity contribution in [1.29, 1.82) is 0 Å². The zero-order chi connectivity index (χ0) is 13.8. The van der Waals surface area contributed by atoms with E-state index in [2.05, 4.69) is 26.1 Å². The molecule has 1 rings (SSSR count). The molecule has 0 spiro atoms. The molecule has 0 aliphatic rings. The van der Waals surface area contributed by atoms with Gasteiger partial charge in [0.05, 0.1) is 5.56 Å². The molecule has 0 aromatic heterocycles. The first-order chi connectivity index (χ1) is 8.36. The molecule has 0 aliphatic heterocycles. The van der Waals surface area contributed by atoms with Crippen molar-refractivity contribution in [3.63, 3.8) is 0 Å². The van der Waals surface area contributed by atoms with Crippen LogP contribution < -0.4 is 11.1 Å². The maximum atomic E-state index is 12.1. The molecule has 0 aliphatic carbocycles. The van der Waals surface area contributed by atoms with Crippen LogP contribution in [0.4, 0.5) is 0 Å². The van der Waals surface area contributed by atoms with E-state index in [0.29, 0.717) is 18.5 Å². The number of nitrogens with one attached hydrogen (secondary N) is 1. The Hall–Kier alpha value is -1.55. The highest BCUT2D eigenvalue weighted by molar-refractivity contribution is 5.96. The van der Waals surface area contributed by atoms with Crippen LogP contribution in [0.3, 0.4) is 0 Å². The molecule has 0 heterocycles. The van der Waals surface area contributed by atoms with Crippen molar-refractivity contribution in [3.05, 3.63) is 29.8 Å². The van der Waals surface area contributed by atoms with Gasteiger partial charge in [-0.1, -0.05) is 32.9 Å². The lowest BCUT2D eigenvalue weighted by Gasteiger charge is -2.31. The van der Waals surface area contributed by atoms with Gasteiger partial charge in [-0.15, -0.1) is 0 Å². The van der Waals surface area contributed by atoms with Crippen LogP contribution >= 0.6 is 0 Å². The summed E-state index contributed by atoms with van der Waals surface area (Å²) in [4.78, 5) is 12.1. The van der Waals surface area contributed by atoms with Gasteiger partial charge in [-0.2, -0.15) is 0 Å². The molecule has 1 atom stereocenters. The summed E-state index contributed by atoms with van der Waals surface area (Å²) < 4.78 is 0. The molecule has 1 unspecified atom stereocenters. The van der Waals surface area contributed by atoms with Crippen molar-refractivity contribution in [2.45, 2.75) is 33.2 Å². The lowest BCUT2D eigenvalue weighted by molar-refractivity contribution is 0.0896. The normalized spacial score (nSPS) is 13.1. The summed E-state index contributed by atoms with van der Waals surface area (Å²) >= 11 is 0. The lowest BCUT2D eigenvalue weighted by atomic mass is 9.84. The number of para-hydroxylation sites is 1. The Morgan fingerprint density at radius 2 is 2.00 bits per heavy atom. The van der Waals surface area contributed by atoms with Gasteiger partial charge < -0.3 is 16.2 Å². The third-order valence-electron chi connectivity index (χ3n) is 2.95. The highest BCUT2D eigenvalue weighted by Gasteiger charge is 2.26. The SMILES string of the molecule is CC(C)(C)C(CCN)NC(=O)c1ccccc1O. The van der Waals surface area contributed by atoms with Crippen molar-refractivity contribution in [3.8, 4) is 5.75 Å². The first-order valence-corrected chi connectivity index (χ1v) is 6.15. The molecule has 1 aromatic carbocycles. The molecule has 0 radical (unpaired) electrons. The van der Waals surface area contributed by atoms with Crippen LogP contribution in [0.15, 0.2) is 24.3 Å². The molecule has 0 fully saturated rings. The smallest absolute Gasteiger partial charge is 0.255 e. The summed E-state index contributed by atoms with van der Waals surface area (Å²) in [6, 6.07) is 6.50. The predicted octanol–water partition coefficient (Wildman–Crippen LogP) is 1.89. The van der Waals surface area contributed by atoms with Gasteiger partial charge in [-0.25, -0.2) is 0 Å². The Balaban J connectivity index is 2.82. The molecule has 0 bridgehead atoms. The van der Waals surface area contributed by atoms with Crippen LogP contribution in [0.2, 0.25) is 0 Å². The Bertz CT molecular complexity index is 411. The van der Waals surface area contributed by atoms with E-state index in [-0.39, 0.29) is 23.1 Å². The van der Waals surface area contributed by atoms with E-state index in [9.17, 15) is 9.90 Å². The number of phenolic OH excluding ortho intramolecular Hbond substituents is 1. The minimum Gasteiger partial charge on any atom is -0.507 e. The van der Waals surface area contributed by atoms with Crippen molar-refractivity contribution in [1.82, 2.24) is 5.32 Å². The number of phenols is 1. The van der Waals surface area contributed by atoms with E-state index in [4.69, 9.17) is 5.73 Å². The second-order valence-electron chi connectivity index (χ2n) is 5.49. The van der Waals surface area contributed by atoms with Crippen molar-refractivity contribution in [2.24, 2.45) is 11.1 Å². The zero-order valence-electron chi connectivity index (χ0n) is 11.2. The number of aromatic hydroxyl groups is 1. The molecule has 4 N–H and O–H groups in total. The van der Waals surface area contributed by atoms with Gasteiger partial charge in [0.2, 0.25) is 0 Å². The fourth-order valence-corrected chi connectivity index (χ4v) is 1.79. The summed E-state index contributed by atoms with van der Waals surface area (Å²) in [5.74, 6) is -0.267. The fraction of sp³-hybridized carbons (Fsp3) is 0.500. The highest BCUT2D eigenvalue weighted by Crippen LogP contribution is 2.23. The van der Waals surface area contributed by atoms with Crippen LogP contribution in [0, 0.1) is 5.41 Å². The molecule has 4 nitrogen and oxygen atoms in total. The van der Waals surface area contributed by atoms with Crippen LogP contribution in [0.5, 0.6) is 5.75 Å². The van der Waals surface area contributed by atoms with E-state index in [0.717, 1.165) is 0 Å². The minimum absolute atomic E-state index is 0.00425. The van der Waals surface area contributed by atoms with E-state index < -0.39 is 0 Å². The number of benzene rings is 1. The Morgan fingerprint density at radius 1 is 1.39 bits per heavy atom. The van der Waals surface area contributed by atoms with Gasteiger partial charge in [0.25, 0.3) is 5.91 Å². The van der Waals surface area contributed by atoms with Gasteiger partial charge in [0.1, 0.15) is 5.75 Å². The Labute approximate surface area is 108 Å². The van der Waals surface area contributed by atoms with Crippen molar-refractivity contribution < 1.29 is 9.90 Å². The average molecular weight is 250 g/mol. The number of carbonyl (C=O) groups excluding carboxylic acids is 1. The predicted molar refractivity (Wildman–Crippen MR) is 72.5 cm³/mol. The third kappa shape index (κ3) is 3.74. The van der Waals surface area contributed by atoms with Crippen molar-refractivity contribution in [2.75, 3.05) is 6.54 Å². The molecule has 1 amide bonds. The highest BCUT2D eigenvalue weighted by atomic mass is 16.3.